The van der Waals surface area contributed by atoms with Crippen molar-refractivity contribution < 1.29 is 4.74 Å². The van der Waals surface area contributed by atoms with Crippen LogP contribution >= 0.6 is 0 Å². The van der Waals surface area contributed by atoms with E-state index in [2.05, 4.69) is 50.1 Å². The minimum atomic E-state index is 0.144. The number of likely N-dealkylation sites (N-methyl/N-ethyl adjacent to an activating group) is 1. The van der Waals surface area contributed by atoms with Gasteiger partial charge < -0.3 is 15.4 Å². The summed E-state index contributed by atoms with van der Waals surface area (Å²) >= 11 is 0. The van der Waals surface area contributed by atoms with E-state index >= 15 is 0 Å². The van der Waals surface area contributed by atoms with Gasteiger partial charge >= 0.3 is 0 Å². The summed E-state index contributed by atoms with van der Waals surface area (Å²) in [6, 6.07) is 8.98. The Morgan fingerprint density at radius 1 is 1.29 bits per heavy atom. The Labute approximate surface area is 105 Å². The first-order valence-electron chi connectivity index (χ1n) is 6.17. The number of methoxy groups -OCH3 is 1. The maximum Gasteiger partial charge on any atom is 0.0663 e. The van der Waals surface area contributed by atoms with Crippen molar-refractivity contribution in [2.24, 2.45) is 5.73 Å². The van der Waals surface area contributed by atoms with E-state index in [9.17, 15) is 0 Å². The van der Waals surface area contributed by atoms with Gasteiger partial charge in [-0.2, -0.15) is 0 Å². The maximum absolute atomic E-state index is 5.99. The van der Waals surface area contributed by atoms with Crippen LogP contribution in [-0.2, 0) is 4.74 Å². The molecule has 0 aliphatic carbocycles. The largest absolute Gasteiger partial charge is 0.383 e. The molecule has 1 aromatic carbocycles. The van der Waals surface area contributed by atoms with Gasteiger partial charge in [-0.25, -0.2) is 0 Å². The lowest BCUT2D eigenvalue weighted by molar-refractivity contribution is 0.183. The van der Waals surface area contributed by atoms with Crippen molar-refractivity contribution in [3.05, 3.63) is 29.8 Å². The first-order valence-corrected chi connectivity index (χ1v) is 6.17. The van der Waals surface area contributed by atoms with E-state index in [1.807, 2.05) is 0 Å². The molecule has 0 spiro atoms. The van der Waals surface area contributed by atoms with Gasteiger partial charge in [-0.05, 0) is 31.0 Å². The van der Waals surface area contributed by atoms with E-state index in [-0.39, 0.29) is 6.04 Å². The molecule has 0 saturated carbocycles. The number of hydrogen-bond donors (Lipinski definition) is 1. The molecule has 0 bridgehead atoms. The van der Waals surface area contributed by atoms with Crippen LogP contribution in [-0.4, -0.2) is 26.8 Å². The molecule has 1 rings (SSSR count). The highest BCUT2D eigenvalue weighted by molar-refractivity contribution is 5.48. The molecular formula is C14H24N2O. The van der Waals surface area contributed by atoms with Gasteiger partial charge in [0.05, 0.1) is 6.61 Å². The molecule has 1 aromatic rings. The van der Waals surface area contributed by atoms with Gasteiger partial charge in [0, 0.05) is 31.9 Å². The van der Waals surface area contributed by atoms with E-state index in [0.717, 1.165) is 13.0 Å². The summed E-state index contributed by atoms with van der Waals surface area (Å²) in [4.78, 5) is 2.21. The lowest BCUT2D eigenvalue weighted by Gasteiger charge is -2.26. The molecule has 3 nitrogen and oxygen atoms in total. The Kier molecular flexibility index (Phi) is 5.45. The van der Waals surface area contributed by atoms with Crippen molar-refractivity contribution in [1.82, 2.24) is 0 Å². The lowest BCUT2D eigenvalue weighted by atomic mass is 10.0. The minimum Gasteiger partial charge on any atom is -0.383 e. The van der Waals surface area contributed by atoms with E-state index in [1.165, 1.54) is 11.3 Å². The molecule has 0 amide bonds. The molecule has 3 heteroatoms. The van der Waals surface area contributed by atoms with Crippen molar-refractivity contribution in [3.8, 4) is 0 Å². The van der Waals surface area contributed by atoms with Gasteiger partial charge in [-0.1, -0.05) is 19.1 Å². The van der Waals surface area contributed by atoms with Crippen molar-refractivity contribution in [2.75, 3.05) is 25.7 Å². The molecule has 2 N–H and O–H groups in total. The van der Waals surface area contributed by atoms with Gasteiger partial charge in [0.15, 0.2) is 0 Å². The quantitative estimate of drug-likeness (QED) is 0.825. The zero-order valence-corrected chi connectivity index (χ0v) is 11.3. The van der Waals surface area contributed by atoms with Crippen molar-refractivity contribution in [2.45, 2.75) is 32.4 Å². The highest BCUT2D eigenvalue weighted by Gasteiger charge is 2.10. The van der Waals surface area contributed by atoms with E-state index in [1.54, 1.807) is 7.11 Å². The Morgan fingerprint density at radius 2 is 1.88 bits per heavy atom. The molecular weight excluding hydrogens is 212 g/mol. The number of anilines is 1. The van der Waals surface area contributed by atoms with Gasteiger partial charge in [0.2, 0.25) is 0 Å². The molecule has 0 aliphatic heterocycles. The fraction of sp³-hybridized carbons (Fsp3) is 0.571. The Hall–Kier alpha value is -1.06. The van der Waals surface area contributed by atoms with Crippen molar-refractivity contribution in [1.29, 1.82) is 0 Å². The molecule has 0 aromatic heterocycles. The van der Waals surface area contributed by atoms with E-state index < -0.39 is 0 Å². The smallest absolute Gasteiger partial charge is 0.0663 e. The fourth-order valence-corrected chi connectivity index (χ4v) is 1.80. The van der Waals surface area contributed by atoms with Gasteiger partial charge in [-0.3, -0.25) is 0 Å². The molecule has 0 aliphatic rings. The first-order chi connectivity index (χ1) is 8.10. The van der Waals surface area contributed by atoms with E-state index in [0.29, 0.717) is 6.04 Å². The zero-order valence-electron chi connectivity index (χ0n) is 11.3. The number of ether oxygens (including phenoxy) is 1. The minimum absolute atomic E-state index is 0.144. The Morgan fingerprint density at radius 3 is 2.35 bits per heavy atom. The molecule has 96 valence electrons. The van der Waals surface area contributed by atoms with Crippen molar-refractivity contribution >= 4 is 5.69 Å². The molecule has 0 saturated heterocycles. The summed E-state index contributed by atoms with van der Waals surface area (Å²) < 4.78 is 5.16. The molecule has 0 radical (unpaired) electrons. The van der Waals surface area contributed by atoms with Crippen LogP contribution in [0.3, 0.4) is 0 Å². The fourth-order valence-electron chi connectivity index (χ4n) is 1.80. The summed E-state index contributed by atoms with van der Waals surface area (Å²) in [5.41, 5.74) is 8.39. The van der Waals surface area contributed by atoms with Crippen LogP contribution in [0.1, 0.15) is 31.9 Å². The topological polar surface area (TPSA) is 38.5 Å². The zero-order chi connectivity index (χ0) is 12.8. The third kappa shape index (κ3) is 3.72. The number of nitrogens with zero attached hydrogens (tertiary/aromatic N) is 1. The summed E-state index contributed by atoms with van der Waals surface area (Å²) in [6.45, 7) is 4.98. The second kappa shape index (κ2) is 6.62. The van der Waals surface area contributed by atoms with Gasteiger partial charge in [-0.15, -0.1) is 0 Å². The van der Waals surface area contributed by atoms with Crippen LogP contribution in [0.25, 0.3) is 0 Å². The van der Waals surface area contributed by atoms with Crippen LogP contribution < -0.4 is 10.6 Å². The monoisotopic (exact) mass is 236 g/mol. The normalized spacial score (nSPS) is 14.4. The van der Waals surface area contributed by atoms with Crippen LogP contribution in [0.4, 0.5) is 5.69 Å². The van der Waals surface area contributed by atoms with Crippen molar-refractivity contribution in [3.63, 3.8) is 0 Å². The molecule has 17 heavy (non-hydrogen) atoms. The average Bonchev–Trinajstić information content (AvgIpc) is 2.37. The second-order valence-electron chi connectivity index (χ2n) is 4.52. The van der Waals surface area contributed by atoms with Crippen LogP contribution in [0.5, 0.6) is 0 Å². The standard InChI is InChI=1S/C14H24N2O/c1-5-14(15)12-6-8-13(9-7-12)16(3)11(2)10-17-4/h6-9,11,14H,5,10,15H2,1-4H3/t11?,14-/m1/s1. The third-order valence-electron chi connectivity index (χ3n) is 3.24. The van der Waals surface area contributed by atoms with Gasteiger partial charge in [0.25, 0.3) is 0 Å². The number of hydrogen-bond acceptors (Lipinski definition) is 3. The van der Waals surface area contributed by atoms with E-state index in [4.69, 9.17) is 10.5 Å². The third-order valence-corrected chi connectivity index (χ3v) is 3.24. The molecule has 0 fully saturated rings. The average molecular weight is 236 g/mol. The second-order valence-corrected chi connectivity index (χ2v) is 4.52. The molecule has 1 unspecified atom stereocenters. The highest BCUT2D eigenvalue weighted by Crippen LogP contribution is 2.20. The Bertz CT molecular complexity index is 323. The number of rotatable bonds is 6. The molecule has 0 heterocycles. The SMILES string of the molecule is CC[C@@H](N)c1ccc(N(C)C(C)COC)cc1. The Balaban J connectivity index is 2.73. The highest BCUT2D eigenvalue weighted by atomic mass is 16.5. The predicted octanol–water partition coefficient (Wildman–Crippen LogP) is 2.57. The lowest BCUT2D eigenvalue weighted by Crippen LogP contribution is -2.32. The number of nitrogens with two attached hydrogens (primary N) is 1. The van der Waals surface area contributed by atoms with Crippen LogP contribution in [0.15, 0.2) is 24.3 Å². The summed E-state index contributed by atoms with van der Waals surface area (Å²) in [5, 5.41) is 0. The first kappa shape index (κ1) is 14.0. The van der Waals surface area contributed by atoms with Crippen LogP contribution in [0.2, 0.25) is 0 Å². The van der Waals surface area contributed by atoms with Gasteiger partial charge in [0.1, 0.15) is 0 Å². The van der Waals surface area contributed by atoms with Crippen LogP contribution in [0, 0.1) is 0 Å². The summed E-state index contributed by atoms with van der Waals surface area (Å²) in [5.74, 6) is 0. The number of benzene rings is 1. The maximum atomic E-state index is 5.99. The molecule has 2 atom stereocenters. The summed E-state index contributed by atoms with van der Waals surface area (Å²) in [7, 11) is 3.81. The predicted molar refractivity (Wildman–Crippen MR) is 73.4 cm³/mol. The summed E-state index contributed by atoms with van der Waals surface area (Å²) in [6.07, 6.45) is 0.968.